The second-order valence-corrected chi connectivity index (χ2v) is 9.56. The number of fused-ring (bicyclic) bond motifs is 1. The zero-order valence-corrected chi connectivity index (χ0v) is 22.6. The average Bonchev–Trinajstić information content (AvgIpc) is 3.47. The molecule has 10 heteroatoms. The number of Topliss-reactive ketones (excluding diaryl/α,β-unsaturated/α-hetero) is 1. The number of ether oxygens (including phenoxy) is 1. The largest absolute Gasteiger partial charge is 0.492 e. The van der Waals surface area contributed by atoms with Gasteiger partial charge in [0.05, 0.1) is 30.9 Å². The zero-order chi connectivity index (χ0) is 28.8. The molecule has 0 bridgehead atoms. The van der Waals surface area contributed by atoms with Crippen LogP contribution in [0.5, 0.6) is 5.75 Å². The first-order valence-electron chi connectivity index (χ1n) is 13.2. The van der Waals surface area contributed by atoms with E-state index in [0.29, 0.717) is 48.4 Å². The van der Waals surface area contributed by atoms with Gasteiger partial charge in [0.1, 0.15) is 11.7 Å². The maximum Gasteiger partial charge on any atom is 0.345 e. The third kappa shape index (κ3) is 5.64. The number of hydrazone groups is 1. The van der Waals surface area contributed by atoms with E-state index in [0.717, 1.165) is 22.3 Å². The molecule has 5 N–H and O–H groups in total. The number of piperidine rings is 1. The third-order valence-corrected chi connectivity index (χ3v) is 7.19. The Kier molecular flexibility index (Phi) is 8.31. The van der Waals surface area contributed by atoms with Gasteiger partial charge in [-0.3, -0.25) is 9.59 Å². The minimum absolute atomic E-state index is 0.0396. The molecule has 10 nitrogen and oxygen atoms in total. The normalized spacial score (nSPS) is 13.8. The fourth-order valence-electron chi connectivity index (χ4n) is 5.23. The molecule has 0 radical (unpaired) electrons. The van der Waals surface area contributed by atoms with Crippen molar-refractivity contribution in [2.24, 2.45) is 15.9 Å². The van der Waals surface area contributed by atoms with E-state index in [1.54, 1.807) is 11.1 Å². The predicted octanol–water partition coefficient (Wildman–Crippen LogP) is 3.44. The van der Waals surface area contributed by atoms with Crippen molar-refractivity contribution in [3.05, 3.63) is 94.8 Å². The first-order valence-corrected chi connectivity index (χ1v) is 13.2. The monoisotopic (exact) mass is 551 g/mol. The van der Waals surface area contributed by atoms with Crippen molar-refractivity contribution in [1.29, 1.82) is 0 Å². The summed E-state index contributed by atoms with van der Waals surface area (Å²) in [6.45, 7) is 0.788. The number of likely N-dealkylation sites (tertiary alicyclic amines) is 1. The van der Waals surface area contributed by atoms with Crippen molar-refractivity contribution >= 4 is 46.4 Å². The molecule has 0 aliphatic carbocycles. The summed E-state index contributed by atoms with van der Waals surface area (Å²) in [7, 11) is 1.49. The first-order chi connectivity index (χ1) is 20.0. The van der Waals surface area contributed by atoms with E-state index in [1.807, 2.05) is 42.5 Å². The molecule has 41 heavy (non-hydrogen) atoms. The Morgan fingerprint density at radius 1 is 1.10 bits per heavy atom. The highest BCUT2D eigenvalue weighted by atomic mass is 16.5. The minimum Gasteiger partial charge on any atom is -0.492 e. The molecule has 1 amide bonds. The van der Waals surface area contributed by atoms with Gasteiger partial charge in [0.25, 0.3) is 11.7 Å². The maximum atomic E-state index is 13.5. The summed E-state index contributed by atoms with van der Waals surface area (Å²) in [5, 5.41) is 13.6. The lowest BCUT2D eigenvalue weighted by atomic mass is 9.87. The lowest BCUT2D eigenvalue weighted by Gasteiger charge is -2.30. The molecule has 208 valence electrons. The quantitative estimate of drug-likeness (QED) is 0.101. The Morgan fingerprint density at radius 2 is 1.85 bits per heavy atom. The Balaban J connectivity index is 1.42. The summed E-state index contributed by atoms with van der Waals surface area (Å²) in [4.78, 5) is 38.9. The molecule has 4 aromatic rings. The number of aromatic amines is 2. The van der Waals surface area contributed by atoms with Gasteiger partial charge >= 0.3 is 5.82 Å². The summed E-state index contributed by atoms with van der Waals surface area (Å²) in [5.41, 5.74) is 5.97. The third-order valence-electron chi connectivity index (χ3n) is 7.19. The standard InChI is InChI=1S/C31H30N6O4/c1-41-25-18-35-30(33-12-13-36-32)28-27(25)24(17-34-28)29(39)31(40)37-14-10-22(11-15-37)26(21-7-3-2-4-8-21)23-9-5-6-20(16-23)19-38/h2-9,12-13,16-18,34,38H,10-11,14-15,19,32H2,1H3/p+1. The van der Waals surface area contributed by atoms with E-state index in [-0.39, 0.29) is 12.2 Å². The number of rotatable bonds is 8. The summed E-state index contributed by atoms with van der Waals surface area (Å²) >= 11 is 0. The molecule has 1 aliphatic rings. The summed E-state index contributed by atoms with van der Waals surface area (Å²) < 4.78 is 5.48. The van der Waals surface area contributed by atoms with Gasteiger partial charge in [-0.15, -0.1) is 0 Å². The number of carbonyl (C=O) groups excluding carboxylic acids is 2. The molecular formula is C31H31N6O4+. The van der Waals surface area contributed by atoms with E-state index < -0.39 is 11.7 Å². The number of methoxy groups -OCH3 is 1. The number of nitrogens with one attached hydrogen (secondary N) is 2. The lowest BCUT2D eigenvalue weighted by molar-refractivity contribution is -0.361. The van der Waals surface area contributed by atoms with Crippen LogP contribution < -0.4 is 15.6 Å². The van der Waals surface area contributed by atoms with Crippen LogP contribution >= 0.6 is 0 Å². The molecule has 0 unspecified atom stereocenters. The molecule has 1 fully saturated rings. The topological polar surface area (TPSA) is 148 Å². The number of aromatic nitrogens is 2. The first kappa shape index (κ1) is 27.5. The number of aliphatic hydroxyl groups excluding tert-OH is 1. The van der Waals surface area contributed by atoms with Gasteiger partial charge in [0, 0.05) is 19.3 Å². The number of carbonyl (C=O) groups is 2. The van der Waals surface area contributed by atoms with Gasteiger partial charge in [-0.25, -0.2) is 4.98 Å². The van der Waals surface area contributed by atoms with Crippen molar-refractivity contribution in [1.82, 2.24) is 9.88 Å². The molecule has 2 aromatic carbocycles. The van der Waals surface area contributed by atoms with Gasteiger partial charge in [0.15, 0.2) is 12.0 Å². The smallest absolute Gasteiger partial charge is 0.345 e. The Labute approximate surface area is 236 Å². The number of ketones is 1. The Morgan fingerprint density at radius 3 is 2.56 bits per heavy atom. The number of aliphatic imine (C=N–C) groups is 1. The fraction of sp³-hybridized carbons (Fsp3) is 0.194. The van der Waals surface area contributed by atoms with Gasteiger partial charge < -0.3 is 25.6 Å². The van der Waals surface area contributed by atoms with Crippen molar-refractivity contribution in [3.8, 4) is 5.75 Å². The van der Waals surface area contributed by atoms with E-state index in [9.17, 15) is 14.7 Å². The van der Waals surface area contributed by atoms with Crippen LogP contribution in [0.4, 0.5) is 5.82 Å². The van der Waals surface area contributed by atoms with Crippen LogP contribution in [0.25, 0.3) is 16.5 Å². The molecule has 5 rings (SSSR count). The Bertz CT molecular complexity index is 1660. The molecule has 1 aliphatic heterocycles. The van der Waals surface area contributed by atoms with E-state index in [4.69, 9.17) is 10.6 Å². The van der Waals surface area contributed by atoms with E-state index >= 15 is 0 Å². The van der Waals surface area contributed by atoms with E-state index in [2.05, 4.69) is 32.2 Å². The molecule has 2 aromatic heterocycles. The number of hydrogen-bond acceptors (Lipinski definition) is 7. The number of hydrogen-bond donors (Lipinski definition) is 3. The summed E-state index contributed by atoms with van der Waals surface area (Å²) in [6.07, 6.45) is 7.08. The van der Waals surface area contributed by atoms with Crippen LogP contribution in [0.15, 0.2) is 82.7 Å². The van der Waals surface area contributed by atoms with Crippen molar-refractivity contribution in [2.75, 3.05) is 20.2 Å². The fourth-order valence-corrected chi connectivity index (χ4v) is 5.23. The molecule has 0 atom stereocenters. The average molecular weight is 552 g/mol. The Hall–Kier alpha value is -5.09. The molecule has 0 spiro atoms. The predicted molar refractivity (Wildman–Crippen MR) is 157 cm³/mol. The van der Waals surface area contributed by atoms with Crippen LogP contribution in [0.3, 0.4) is 0 Å². The van der Waals surface area contributed by atoms with Crippen molar-refractivity contribution < 1.29 is 24.4 Å². The van der Waals surface area contributed by atoms with Gasteiger partial charge in [-0.2, -0.15) is 5.10 Å². The minimum atomic E-state index is -0.620. The van der Waals surface area contributed by atoms with Crippen LogP contribution in [0, 0.1) is 0 Å². The van der Waals surface area contributed by atoms with Gasteiger partial charge in [0.2, 0.25) is 0 Å². The van der Waals surface area contributed by atoms with Crippen LogP contribution in [0.1, 0.15) is 39.9 Å². The highest BCUT2D eigenvalue weighted by molar-refractivity contribution is 6.45. The van der Waals surface area contributed by atoms with Crippen LogP contribution in [0.2, 0.25) is 0 Å². The summed E-state index contributed by atoms with van der Waals surface area (Å²) in [5.74, 6) is 4.79. The number of benzene rings is 2. The van der Waals surface area contributed by atoms with Crippen LogP contribution in [-0.2, 0) is 11.4 Å². The number of nitrogens with zero attached hydrogens (tertiary/aromatic N) is 3. The highest BCUT2D eigenvalue weighted by Crippen LogP contribution is 2.34. The molecule has 0 saturated carbocycles. The second-order valence-electron chi connectivity index (χ2n) is 9.56. The number of amides is 1. The number of aliphatic hydroxyl groups is 1. The number of H-pyrrole nitrogens is 2. The zero-order valence-electron chi connectivity index (χ0n) is 22.6. The molecular weight excluding hydrogens is 520 g/mol. The summed E-state index contributed by atoms with van der Waals surface area (Å²) in [6, 6.07) is 18.0. The molecule has 3 heterocycles. The second kappa shape index (κ2) is 12.4. The molecule has 1 saturated heterocycles. The van der Waals surface area contributed by atoms with E-state index in [1.165, 1.54) is 31.3 Å². The SMILES string of the molecule is COc1c[nH+]c(N=CC=NN)c2[nH]cc(C(=O)C(=O)N3CCC(=C(c4ccccc4)c4cccc(CO)c4)CC3)c12. The lowest BCUT2D eigenvalue weighted by Crippen LogP contribution is -2.40. The van der Waals surface area contributed by atoms with Gasteiger partial charge in [-0.05, 0) is 46.2 Å². The van der Waals surface area contributed by atoms with Gasteiger partial charge in [-0.1, -0.05) is 54.1 Å². The number of nitrogens with two attached hydrogens (primary N) is 1. The van der Waals surface area contributed by atoms with Crippen LogP contribution in [-0.4, -0.2) is 59.3 Å². The highest BCUT2D eigenvalue weighted by Gasteiger charge is 2.31. The van der Waals surface area contributed by atoms with Crippen molar-refractivity contribution in [3.63, 3.8) is 0 Å². The number of pyridine rings is 1. The maximum absolute atomic E-state index is 13.5. The van der Waals surface area contributed by atoms with Crippen molar-refractivity contribution in [2.45, 2.75) is 19.4 Å².